The van der Waals surface area contributed by atoms with E-state index in [-0.39, 0.29) is 0 Å². The summed E-state index contributed by atoms with van der Waals surface area (Å²) < 4.78 is 6.64. The van der Waals surface area contributed by atoms with Crippen LogP contribution in [0.15, 0.2) is 0 Å². The Labute approximate surface area is 125 Å². The first kappa shape index (κ1) is 14.8. The first-order valence-electron chi connectivity index (χ1n) is 9.11. The van der Waals surface area contributed by atoms with Crippen molar-refractivity contribution in [3.63, 3.8) is 0 Å². The van der Waals surface area contributed by atoms with Gasteiger partial charge in [0, 0.05) is 11.5 Å². The lowest BCUT2D eigenvalue weighted by Gasteiger charge is -2.58. The third-order valence-electron chi connectivity index (χ3n) is 6.59. The van der Waals surface area contributed by atoms with Gasteiger partial charge in [0.2, 0.25) is 0 Å². The molecule has 3 aliphatic carbocycles. The normalized spacial score (nSPS) is 40.5. The van der Waals surface area contributed by atoms with Gasteiger partial charge in [-0.15, -0.1) is 0 Å². The Bertz CT molecular complexity index is 311. The second kappa shape index (κ2) is 6.36. The van der Waals surface area contributed by atoms with Gasteiger partial charge in [0.05, 0.1) is 12.2 Å². The van der Waals surface area contributed by atoms with Crippen molar-refractivity contribution in [2.24, 2.45) is 11.3 Å². The Morgan fingerprint density at radius 2 is 1.85 bits per heavy atom. The van der Waals surface area contributed by atoms with E-state index in [0.717, 1.165) is 12.0 Å². The number of hydrogen-bond acceptors (Lipinski definition) is 2. The second-order valence-corrected chi connectivity index (χ2v) is 7.56. The van der Waals surface area contributed by atoms with Crippen LogP contribution in [0.5, 0.6) is 0 Å². The molecule has 0 aromatic carbocycles. The average molecular weight is 279 g/mol. The summed E-state index contributed by atoms with van der Waals surface area (Å²) in [6.07, 6.45) is 16.2. The number of nitrogens with one attached hydrogen (secondary N) is 1. The van der Waals surface area contributed by atoms with Crippen LogP contribution in [-0.4, -0.2) is 25.3 Å². The van der Waals surface area contributed by atoms with E-state index in [4.69, 9.17) is 4.74 Å². The van der Waals surface area contributed by atoms with E-state index in [2.05, 4.69) is 19.3 Å². The molecule has 0 amide bonds. The highest BCUT2D eigenvalue weighted by Crippen LogP contribution is 2.54. The molecule has 3 rings (SSSR count). The number of ether oxygens (including phenoxy) is 1. The summed E-state index contributed by atoms with van der Waals surface area (Å²) in [5.74, 6) is 0.927. The summed E-state index contributed by atoms with van der Waals surface area (Å²) in [6, 6.07) is 0.721. The molecule has 4 unspecified atom stereocenters. The molecule has 1 spiro atoms. The van der Waals surface area contributed by atoms with Crippen LogP contribution in [0.25, 0.3) is 0 Å². The summed E-state index contributed by atoms with van der Waals surface area (Å²) in [6.45, 7) is 2.34. The molecule has 0 radical (unpaired) electrons. The van der Waals surface area contributed by atoms with Crippen LogP contribution in [0.2, 0.25) is 0 Å². The van der Waals surface area contributed by atoms with Crippen LogP contribution in [-0.2, 0) is 4.74 Å². The van der Waals surface area contributed by atoms with Gasteiger partial charge < -0.3 is 10.1 Å². The van der Waals surface area contributed by atoms with Gasteiger partial charge in [0.15, 0.2) is 0 Å². The Kier molecular flexibility index (Phi) is 4.72. The van der Waals surface area contributed by atoms with Crippen LogP contribution in [0.3, 0.4) is 0 Å². The average Bonchev–Trinajstić information content (AvgIpc) is 2.52. The fourth-order valence-electron chi connectivity index (χ4n) is 5.19. The van der Waals surface area contributed by atoms with E-state index in [0.29, 0.717) is 17.6 Å². The molecule has 0 bridgehead atoms. The Morgan fingerprint density at radius 3 is 2.55 bits per heavy atom. The third kappa shape index (κ3) is 2.66. The molecule has 4 atom stereocenters. The topological polar surface area (TPSA) is 21.3 Å². The molecule has 2 nitrogen and oxygen atoms in total. The maximum absolute atomic E-state index is 6.64. The van der Waals surface area contributed by atoms with Crippen LogP contribution < -0.4 is 5.32 Å². The summed E-state index contributed by atoms with van der Waals surface area (Å²) in [5.41, 5.74) is 0.492. The lowest BCUT2D eigenvalue weighted by molar-refractivity contribution is -0.183. The zero-order chi connectivity index (χ0) is 14.0. The predicted molar refractivity (Wildman–Crippen MR) is 83.9 cm³/mol. The quantitative estimate of drug-likeness (QED) is 0.829. The minimum atomic E-state index is 0.492. The van der Waals surface area contributed by atoms with Gasteiger partial charge in [-0.1, -0.05) is 45.4 Å². The van der Waals surface area contributed by atoms with E-state index in [9.17, 15) is 0 Å². The Morgan fingerprint density at radius 1 is 1.05 bits per heavy atom. The van der Waals surface area contributed by atoms with Crippen molar-refractivity contribution in [2.45, 2.75) is 95.8 Å². The number of rotatable bonds is 4. The molecule has 2 heteroatoms. The van der Waals surface area contributed by atoms with Crippen LogP contribution in [0.1, 0.15) is 77.6 Å². The first-order chi connectivity index (χ1) is 9.78. The minimum Gasteiger partial charge on any atom is -0.374 e. The molecule has 3 aliphatic rings. The van der Waals surface area contributed by atoms with Crippen molar-refractivity contribution in [3.8, 4) is 0 Å². The summed E-state index contributed by atoms with van der Waals surface area (Å²) in [5, 5.41) is 3.57. The molecule has 0 aromatic rings. The lowest BCUT2D eigenvalue weighted by Crippen LogP contribution is -2.64. The molecule has 0 aromatic heterocycles. The summed E-state index contributed by atoms with van der Waals surface area (Å²) in [4.78, 5) is 0. The first-order valence-corrected chi connectivity index (χ1v) is 9.11. The molecule has 1 N–H and O–H groups in total. The number of hydrogen-bond donors (Lipinski definition) is 1. The summed E-state index contributed by atoms with van der Waals surface area (Å²) in [7, 11) is 2.14. The van der Waals surface area contributed by atoms with Gasteiger partial charge in [0.25, 0.3) is 0 Å². The highest BCUT2D eigenvalue weighted by atomic mass is 16.5. The maximum atomic E-state index is 6.64. The molecule has 0 heterocycles. The van der Waals surface area contributed by atoms with E-state index >= 15 is 0 Å². The van der Waals surface area contributed by atoms with Crippen molar-refractivity contribution in [3.05, 3.63) is 0 Å². The predicted octanol–water partition coefficient (Wildman–Crippen LogP) is 4.28. The fourth-order valence-corrected chi connectivity index (χ4v) is 5.19. The zero-order valence-corrected chi connectivity index (χ0v) is 13.5. The smallest absolute Gasteiger partial charge is 0.0665 e. The monoisotopic (exact) mass is 279 g/mol. The van der Waals surface area contributed by atoms with Crippen molar-refractivity contribution >= 4 is 0 Å². The fraction of sp³-hybridized carbons (Fsp3) is 1.00. The Hall–Kier alpha value is -0.0800. The molecular weight excluding hydrogens is 246 g/mol. The van der Waals surface area contributed by atoms with Gasteiger partial charge in [-0.25, -0.2) is 0 Å². The van der Waals surface area contributed by atoms with Gasteiger partial charge in [-0.3, -0.25) is 0 Å². The van der Waals surface area contributed by atoms with Gasteiger partial charge >= 0.3 is 0 Å². The van der Waals surface area contributed by atoms with E-state index in [1.807, 2.05) is 0 Å². The van der Waals surface area contributed by atoms with Gasteiger partial charge in [-0.2, -0.15) is 0 Å². The summed E-state index contributed by atoms with van der Waals surface area (Å²) >= 11 is 0. The molecule has 3 fully saturated rings. The third-order valence-corrected chi connectivity index (χ3v) is 6.59. The largest absolute Gasteiger partial charge is 0.374 e. The van der Waals surface area contributed by atoms with Crippen LogP contribution in [0, 0.1) is 11.3 Å². The second-order valence-electron chi connectivity index (χ2n) is 7.56. The van der Waals surface area contributed by atoms with Gasteiger partial charge in [-0.05, 0) is 45.1 Å². The molecule has 3 saturated carbocycles. The van der Waals surface area contributed by atoms with Gasteiger partial charge in [0.1, 0.15) is 0 Å². The maximum Gasteiger partial charge on any atom is 0.0665 e. The van der Waals surface area contributed by atoms with Crippen molar-refractivity contribution in [1.29, 1.82) is 0 Å². The minimum absolute atomic E-state index is 0.492. The van der Waals surface area contributed by atoms with Crippen molar-refractivity contribution in [1.82, 2.24) is 5.32 Å². The zero-order valence-electron chi connectivity index (χ0n) is 13.5. The molecule has 0 aliphatic heterocycles. The SMILES string of the molecule is CCC1CCCC(OC2CC(NC)C23CCCCC3)C1. The van der Waals surface area contributed by atoms with Crippen molar-refractivity contribution < 1.29 is 4.74 Å². The Balaban J connectivity index is 1.59. The van der Waals surface area contributed by atoms with Crippen LogP contribution >= 0.6 is 0 Å². The highest BCUT2D eigenvalue weighted by Gasteiger charge is 2.55. The molecule has 0 saturated heterocycles. The lowest BCUT2D eigenvalue weighted by atomic mass is 9.55. The standard InChI is InChI=1S/C18H33NO/c1-3-14-8-7-9-15(12-14)20-17-13-16(19-2)18(17)10-5-4-6-11-18/h14-17,19H,3-13H2,1-2H3. The van der Waals surface area contributed by atoms with Crippen molar-refractivity contribution in [2.75, 3.05) is 7.05 Å². The molecular formula is C18H33NO. The van der Waals surface area contributed by atoms with E-state index in [1.54, 1.807) is 0 Å². The highest BCUT2D eigenvalue weighted by molar-refractivity contribution is 5.08. The van der Waals surface area contributed by atoms with Crippen LogP contribution in [0.4, 0.5) is 0 Å². The van der Waals surface area contributed by atoms with E-state index < -0.39 is 0 Å². The molecule has 20 heavy (non-hydrogen) atoms. The molecule has 116 valence electrons. The van der Waals surface area contributed by atoms with E-state index in [1.165, 1.54) is 70.6 Å².